The number of nitro benzene ring substituents is 1. The van der Waals surface area contributed by atoms with Gasteiger partial charge >= 0.3 is 0 Å². The molecule has 1 aromatic carbocycles. The van der Waals surface area contributed by atoms with E-state index in [0.29, 0.717) is 5.57 Å². The molecule has 0 bridgehead atoms. The first-order valence-electron chi connectivity index (χ1n) is 10.7. The van der Waals surface area contributed by atoms with Gasteiger partial charge in [0.05, 0.1) is 11.0 Å². The molecular formula is C26H32N2O4. The van der Waals surface area contributed by atoms with Crippen molar-refractivity contribution in [1.82, 2.24) is 0 Å². The van der Waals surface area contributed by atoms with Crippen LogP contribution in [-0.2, 0) is 4.79 Å². The van der Waals surface area contributed by atoms with Crippen LogP contribution in [0.15, 0.2) is 76.9 Å². The maximum Gasteiger partial charge on any atom is 0.296 e. The molecule has 1 aliphatic rings. The Labute approximate surface area is 189 Å². The highest BCUT2D eigenvalue weighted by Gasteiger charge is 2.26. The van der Waals surface area contributed by atoms with Gasteiger partial charge in [0.25, 0.3) is 5.69 Å². The molecule has 0 heterocycles. The predicted octanol–water partition coefficient (Wildman–Crippen LogP) is 6.77. The summed E-state index contributed by atoms with van der Waals surface area (Å²) in [4.78, 5) is 22.6. The van der Waals surface area contributed by atoms with Crippen molar-refractivity contribution in [2.24, 2.45) is 5.41 Å². The van der Waals surface area contributed by atoms with Crippen molar-refractivity contribution in [1.29, 1.82) is 0 Å². The molecule has 170 valence electrons. The normalized spacial score (nSPS) is 17.3. The van der Waals surface area contributed by atoms with Crippen LogP contribution in [0.1, 0.15) is 53.9 Å². The van der Waals surface area contributed by atoms with Gasteiger partial charge in [0.15, 0.2) is 0 Å². The molecule has 1 amide bonds. The van der Waals surface area contributed by atoms with Crippen LogP contribution in [0.2, 0.25) is 0 Å². The van der Waals surface area contributed by atoms with Crippen LogP contribution >= 0.6 is 0 Å². The zero-order chi connectivity index (χ0) is 23.9. The third-order valence-electron chi connectivity index (χ3n) is 5.57. The number of hydrogen-bond acceptors (Lipinski definition) is 4. The molecule has 1 aliphatic carbocycles. The number of hydrogen-bond donors (Lipinski definition) is 2. The Bertz CT molecular complexity index is 1040. The van der Waals surface area contributed by atoms with Gasteiger partial charge in [0.1, 0.15) is 11.4 Å². The molecule has 0 unspecified atom stereocenters. The van der Waals surface area contributed by atoms with Crippen molar-refractivity contribution in [2.75, 3.05) is 5.32 Å². The second-order valence-electron chi connectivity index (χ2n) is 8.87. The van der Waals surface area contributed by atoms with Gasteiger partial charge in [-0.3, -0.25) is 14.9 Å². The van der Waals surface area contributed by atoms with Crippen molar-refractivity contribution in [3.63, 3.8) is 0 Å². The zero-order valence-corrected chi connectivity index (χ0v) is 19.4. The van der Waals surface area contributed by atoms with Gasteiger partial charge in [0.2, 0.25) is 5.91 Å². The lowest BCUT2D eigenvalue weighted by Crippen LogP contribution is -2.19. The average Bonchev–Trinajstić information content (AvgIpc) is 2.68. The summed E-state index contributed by atoms with van der Waals surface area (Å²) in [6, 6.07) is 3.58. The number of nitrogens with zero attached hydrogens (tertiary/aromatic N) is 1. The van der Waals surface area contributed by atoms with Crippen LogP contribution in [0, 0.1) is 15.5 Å². The van der Waals surface area contributed by atoms with Crippen LogP contribution in [0.4, 0.5) is 11.4 Å². The summed E-state index contributed by atoms with van der Waals surface area (Å²) in [6.07, 6.45) is 14.9. The number of carbonyl (C=O) groups is 1. The van der Waals surface area contributed by atoms with Gasteiger partial charge in [-0.1, -0.05) is 55.4 Å². The number of aromatic hydroxyl groups is 1. The predicted molar refractivity (Wildman–Crippen MR) is 130 cm³/mol. The van der Waals surface area contributed by atoms with E-state index in [4.69, 9.17) is 0 Å². The molecule has 1 aromatic rings. The highest BCUT2D eigenvalue weighted by molar-refractivity contribution is 6.01. The van der Waals surface area contributed by atoms with Crippen LogP contribution < -0.4 is 5.32 Å². The number of rotatable bonds is 7. The van der Waals surface area contributed by atoms with E-state index in [-0.39, 0.29) is 22.5 Å². The molecular weight excluding hydrogens is 404 g/mol. The van der Waals surface area contributed by atoms with Gasteiger partial charge in [-0.25, -0.2) is 0 Å². The number of nitro groups is 1. The van der Waals surface area contributed by atoms with Crippen LogP contribution in [0.3, 0.4) is 0 Å². The SMILES string of the molecule is CC1=C(/C=C/C(C)=C/C=C/C(C)=C/C(=O)Nc2ccc(O)cc2[N+](=O)[O-])C(C)(C)CCC1. The minimum Gasteiger partial charge on any atom is -0.508 e. The number of nitrogens with one attached hydrogen (secondary N) is 1. The van der Waals surface area contributed by atoms with E-state index in [1.165, 1.54) is 42.2 Å². The van der Waals surface area contributed by atoms with Crippen molar-refractivity contribution >= 4 is 17.3 Å². The molecule has 6 nitrogen and oxygen atoms in total. The molecule has 0 atom stereocenters. The zero-order valence-electron chi connectivity index (χ0n) is 19.4. The Morgan fingerprint density at radius 1 is 1.22 bits per heavy atom. The summed E-state index contributed by atoms with van der Waals surface area (Å²) in [5.41, 5.74) is 4.53. The van der Waals surface area contributed by atoms with Gasteiger partial charge in [-0.05, 0) is 68.7 Å². The average molecular weight is 437 g/mol. The molecule has 0 saturated heterocycles. The van der Waals surface area contributed by atoms with Gasteiger partial charge < -0.3 is 10.4 Å². The summed E-state index contributed by atoms with van der Waals surface area (Å²) >= 11 is 0. The van der Waals surface area contributed by atoms with E-state index in [0.717, 1.165) is 18.1 Å². The van der Waals surface area contributed by atoms with Crippen LogP contribution in [0.25, 0.3) is 0 Å². The van der Waals surface area contributed by atoms with E-state index >= 15 is 0 Å². The number of anilines is 1. The smallest absolute Gasteiger partial charge is 0.296 e. The van der Waals surface area contributed by atoms with E-state index < -0.39 is 10.8 Å². The molecule has 2 N–H and O–H groups in total. The minimum atomic E-state index is -0.654. The molecule has 0 radical (unpaired) electrons. The van der Waals surface area contributed by atoms with E-state index in [1.807, 2.05) is 19.1 Å². The van der Waals surface area contributed by atoms with Crippen molar-refractivity contribution in [3.05, 3.63) is 87.1 Å². The first-order valence-corrected chi connectivity index (χ1v) is 10.7. The maximum atomic E-state index is 12.2. The number of allylic oxidation sites excluding steroid dienone is 9. The minimum absolute atomic E-state index is 0.0296. The van der Waals surface area contributed by atoms with Gasteiger partial charge in [0, 0.05) is 6.08 Å². The highest BCUT2D eigenvalue weighted by atomic mass is 16.6. The molecule has 0 aromatic heterocycles. The first-order chi connectivity index (χ1) is 15.0. The Balaban J connectivity index is 2.03. The van der Waals surface area contributed by atoms with Gasteiger partial charge in [-0.15, -0.1) is 0 Å². The maximum absolute atomic E-state index is 12.2. The molecule has 2 rings (SSSR count). The summed E-state index contributed by atoms with van der Waals surface area (Å²) in [5.74, 6) is -0.720. The molecule has 0 spiro atoms. The fourth-order valence-electron chi connectivity index (χ4n) is 3.83. The molecule has 0 aliphatic heterocycles. The fourth-order valence-corrected chi connectivity index (χ4v) is 3.83. The monoisotopic (exact) mass is 436 g/mol. The third kappa shape index (κ3) is 7.08. The van der Waals surface area contributed by atoms with Crippen molar-refractivity contribution in [2.45, 2.75) is 53.9 Å². The number of carbonyl (C=O) groups excluding carboxylic acids is 1. The lowest BCUT2D eigenvalue weighted by molar-refractivity contribution is -0.384. The Morgan fingerprint density at radius 3 is 2.59 bits per heavy atom. The summed E-state index contributed by atoms with van der Waals surface area (Å²) in [6.45, 7) is 10.6. The second kappa shape index (κ2) is 10.8. The molecule has 0 fully saturated rings. The lowest BCUT2D eigenvalue weighted by atomic mass is 9.72. The van der Waals surface area contributed by atoms with E-state index in [1.54, 1.807) is 13.0 Å². The third-order valence-corrected chi connectivity index (χ3v) is 5.57. The fraction of sp³-hybridized carbons (Fsp3) is 0.346. The highest BCUT2D eigenvalue weighted by Crippen LogP contribution is 2.40. The van der Waals surface area contributed by atoms with Crippen molar-refractivity contribution < 1.29 is 14.8 Å². The van der Waals surface area contributed by atoms with E-state index in [2.05, 4.69) is 38.2 Å². The van der Waals surface area contributed by atoms with E-state index in [9.17, 15) is 20.0 Å². The van der Waals surface area contributed by atoms with Crippen LogP contribution in [0.5, 0.6) is 5.75 Å². The van der Waals surface area contributed by atoms with Crippen LogP contribution in [-0.4, -0.2) is 15.9 Å². The Kier molecular flexibility index (Phi) is 8.35. The summed E-state index contributed by atoms with van der Waals surface area (Å²) in [5, 5.41) is 23.0. The summed E-state index contributed by atoms with van der Waals surface area (Å²) in [7, 11) is 0. The lowest BCUT2D eigenvalue weighted by Gasteiger charge is -2.32. The second-order valence-corrected chi connectivity index (χ2v) is 8.87. The van der Waals surface area contributed by atoms with Gasteiger partial charge in [-0.2, -0.15) is 0 Å². The Morgan fingerprint density at radius 2 is 1.94 bits per heavy atom. The molecule has 6 heteroatoms. The number of phenolic OH excluding ortho intramolecular Hbond substituents is 1. The number of phenols is 1. The quantitative estimate of drug-likeness (QED) is 0.162. The largest absolute Gasteiger partial charge is 0.508 e. The Hall–Kier alpha value is -3.41. The number of amides is 1. The standard InChI is InChI=1S/C26H32N2O4/c1-18(11-13-22-20(3)10-7-15-26(22,4)5)8-6-9-19(2)16-25(30)27-23-14-12-21(29)17-24(23)28(31)32/h6,8-9,11-14,16-17,29H,7,10,15H2,1-5H3,(H,27,30)/b9-6+,13-11+,18-8+,19-16+. The topological polar surface area (TPSA) is 92.5 Å². The molecule has 32 heavy (non-hydrogen) atoms. The summed E-state index contributed by atoms with van der Waals surface area (Å²) < 4.78 is 0. The number of benzene rings is 1. The first kappa shape index (κ1) is 24.9. The molecule has 0 saturated carbocycles. The van der Waals surface area contributed by atoms with Crippen molar-refractivity contribution in [3.8, 4) is 5.75 Å².